The second-order valence-corrected chi connectivity index (χ2v) is 8.12. The number of anilines is 2. The third-order valence-electron chi connectivity index (χ3n) is 4.72. The van der Waals surface area contributed by atoms with Crippen LogP contribution in [0.1, 0.15) is 28.4 Å². The van der Waals surface area contributed by atoms with Crippen LogP contribution in [0.25, 0.3) is 0 Å². The molecule has 0 spiro atoms. The fraction of sp³-hybridized carbons (Fsp3) is 0.200. The molecule has 0 aliphatic rings. The van der Waals surface area contributed by atoms with Gasteiger partial charge in [0.25, 0.3) is 5.91 Å². The van der Waals surface area contributed by atoms with Gasteiger partial charge in [-0.2, -0.15) is 0 Å². The van der Waals surface area contributed by atoms with E-state index in [2.05, 4.69) is 26.6 Å². The first-order chi connectivity index (χ1) is 15.9. The summed E-state index contributed by atoms with van der Waals surface area (Å²) in [5.41, 5.74) is 3.75. The van der Waals surface area contributed by atoms with Gasteiger partial charge in [0.2, 0.25) is 0 Å². The Bertz CT molecular complexity index is 1110. The molecule has 0 bridgehead atoms. The molecule has 3 rings (SSSR count). The van der Waals surface area contributed by atoms with Crippen LogP contribution in [0.3, 0.4) is 0 Å². The van der Waals surface area contributed by atoms with E-state index in [4.69, 9.17) is 14.6 Å². The van der Waals surface area contributed by atoms with Crippen molar-refractivity contribution < 1.29 is 24.2 Å². The number of halogens is 1. The topological polar surface area (TPSA) is 96.9 Å². The second-order valence-electron chi connectivity index (χ2n) is 7.26. The number of carbonyl (C=O) groups excluding carboxylic acids is 1. The van der Waals surface area contributed by atoms with Crippen molar-refractivity contribution in [2.45, 2.75) is 20.4 Å². The molecule has 0 unspecified atom stereocenters. The van der Waals surface area contributed by atoms with E-state index in [1.54, 1.807) is 30.3 Å². The SMILES string of the molecule is CCOc1cc(CNc2ccc(C(=O)O)cc2)c(Br)cc1OCC(=O)Nc1ccc(C)cc1. The van der Waals surface area contributed by atoms with E-state index < -0.39 is 5.97 Å². The number of hydrogen-bond acceptors (Lipinski definition) is 5. The summed E-state index contributed by atoms with van der Waals surface area (Å²) in [7, 11) is 0. The largest absolute Gasteiger partial charge is 0.490 e. The molecule has 7 nitrogen and oxygen atoms in total. The van der Waals surface area contributed by atoms with Gasteiger partial charge in [-0.05, 0) is 67.9 Å². The van der Waals surface area contributed by atoms with Crippen molar-refractivity contribution in [3.8, 4) is 11.5 Å². The highest BCUT2D eigenvalue weighted by atomic mass is 79.9. The summed E-state index contributed by atoms with van der Waals surface area (Å²) < 4.78 is 12.2. The van der Waals surface area contributed by atoms with Crippen LogP contribution in [-0.2, 0) is 11.3 Å². The average molecular weight is 513 g/mol. The van der Waals surface area contributed by atoms with Crippen molar-refractivity contribution in [2.75, 3.05) is 23.8 Å². The molecule has 0 aromatic heterocycles. The minimum atomic E-state index is -0.964. The Morgan fingerprint density at radius 2 is 1.58 bits per heavy atom. The van der Waals surface area contributed by atoms with Gasteiger partial charge in [0.15, 0.2) is 18.1 Å². The van der Waals surface area contributed by atoms with Crippen LogP contribution in [-0.4, -0.2) is 30.2 Å². The zero-order chi connectivity index (χ0) is 23.8. The van der Waals surface area contributed by atoms with Crippen LogP contribution in [0.4, 0.5) is 11.4 Å². The van der Waals surface area contributed by atoms with Crippen molar-refractivity contribution in [2.24, 2.45) is 0 Å². The van der Waals surface area contributed by atoms with Crippen molar-refractivity contribution in [1.29, 1.82) is 0 Å². The van der Waals surface area contributed by atoms with Crippen molar-refractivity contribution in [1.82, 2.24) is 0 Å². The van der Waals surface area contributed by atoms with Gasteiger partial charge in [-0.15, -0.1) is 0 Å². The Morgan fingerprint density at radius 3 is 2.21 bits per heavy atom. The number of aromatic carboxylic acids is 1. The molecule has 0 fully saturated rings. The molecule has 172 valence electrons. The lowest BCUT2D eigenvalue weighted by Crippen LogP contribution is -2.20. The fourth-order valence-electron chi connectivity index (χ4n) is 3.00. The van der Waals surface area contributed by atoms with Gasteiger partial charge in [-0.1, -0.05) is 33.6 Å². The number of carboxylic acid groups (broad SMARTS) is 1. The first-order valence-electron chi connectivity index (χ1n) is 10.4. The normalized spacial score (nSPS) is 10.4. The third kappa shape index (κ3) is 6.98. The Morgan fingerprint density at radius 1 is 0.939 bits per heavy atom. The number of ether oxygens (including phenoxy) is 2. The van der Waals surface area contributed by atoms with E-state index >= 15 is 0 Å². The maximum Gasteiger partial charge on any atom is 0.335 e. The molecule has 33 heavy (non-hydrogen) atoms. The predicted molar refractivity (Wildman–Crippen MR) is 131 cm³/mol. The molecule has 0 radical (unpaired) electrons. The van der Waals surface area contributed by atoms with E-state index in [1.807, 2.05) is 44.2 Å². The Balaban J connectivity index is 1.65. The van der Waals surface area contributed by atoms with Gasteiger partial charge in [0.1, 0.15) is 0 Å². The first kappa shape index (κ1) is 24.1. The number of benzene rings is 3. The van der Waals surface area contributed by atoms with Crippen LogP contribution >= 0.6 is 15.9 Å². The number of carbonyl (C=O) groups is 2. The van der Waals surface area contributed by atoms with Crippen LogP contribution in [0.5, 0.6) is 11.5 Å². The van der Waals surface area contributed by atoms with E-state index in [1.165, 1.54) is 0 Å². The van der Waals surface area contributed by atoms with Crippen molar-refractivity contribution >= 4 is 39.2 Å². The number of hydrogen-bond donors (Lipinski definition) is 3. The van der Waals surface area contributed by atoms with Crippen molar-refractivity contribution in [3.63, 3.8) is 0 Å². The van der Waals surface area contributed by atoms with Crippen LogP contribution in [0.2, 0.25) is 0 Å². The molecule has 1 amide bonds. The quantitative estimate of drug-likeness (QED) is 0.332. The van der Waals surface area contributed by atoms with E-state index in [9.17, 15) is 9.59 Å². The molecule has 0 heterocycles. The second kappa shape index (κ2) is 11.4. The summed E-state index contributed by atoms with van der Waals surface area (Å²) in [5.74, 6) is -0.249. The molecule has 0 aliphatic carbocycles. The third-order valence-corrected chi connectivity index (χ3v) is 5.46. The zero-order valence-corrected chi connectivity index (χ0v) is 19.9. The highest BCUT2D eigenvalue weighted by Crippen LogP contribution is 2.34. The summed E-state index contributed by atoms with van der Waals surface area (Å²) in [6.45, 7) is 4.61. The lowest BCUT2D eigenvalue weighted by atomic mass is 10.1. The van der Waals surface area contributed by atoms with E-state index in [0.29, 0.717) is 30.3 Å². The smallest absolute Gasteiger partial charge is 0.335 e. The van der Waals surface area contributed by atoms with Gasteiger partial charge in [0.05, 0.1) is 12.2 Å². The molecule has 0 atom stereocenters. The highest BCUT2D eigenvalue weighted by molar-refractivity contribution is 9.10. The number of carboxylic acids is 1. The predicted octanol–water partition coefficient (Wildman–Crippen LogP) is 5.48. The molecule has 0 saturated heterocycles. The standard InChI is InChI=1S/C25H25BrN2O5/c1-3-32-22-12-18(14-27-19-10-6-17(7-11-19)25(30)31)21(26)13-23(22)33-15-24(29)28-20-8-4-16(2)5-9-20/h4-13,27H,3,14-15H2,1-2H3,(H,28,29)(H,30,31). The van der Waals surface area contributed by atoms with E-state index in [0.717, 1.165) is 21.3 Å². The lowest BCUT2D eigenvalue weighted by molar-refractivity contribution is -0.118. The van der Waals surface area contributed by atoms with Gasteiger partial charge in [0, 0.05) is 22.4 Å². The minimum absolute atomic E-state index is 0.159. The zero-order valence-electron chi connectivity index (χ0n) is 18.4. The summed E-state index contributed by atoms with van der Waals surface area (Å²) >= 11 is 3.55. The molecule has 3 aromatic rings. The van der Waals surface area contributed by atoms with Crippen LogP contribution in [0, 0.1) is 6.92 Å². The van der Waals surface area contributed by atoms with Gasteiger partial charge < -0.3 is 25.2 Å². The lowest BCUT2D eigenvalue weighted by Gasteiger charge is -2.16. The van der Waals surface area contributed by atoms with Gasteiger partial charge in [-0.25, -0.2) is 4.79 Å². The fourth-order valence-corrected chi connectivity index (χ4v) is 3.46. The molecule has 0 saturated carbocycles. The summed E-state index contributed by atoms with van der Waals surface area (Å²) in [6, 6.07) is 17.7. The number of aryl methyl sites for hydroxylation is 1. The average Bonchev–Trinajstić information content (AvgIpc) is 2.80. The van der Waals surface area contributed by atoms with E-state index in [-0.39, 0.29) is 18.1 Å². The summed E-state index contributed by atoms with van der Waals surface area (Å²) in [4.78, 5) is 23.3. The number of nitrogens with one attached hydrogen (secondary N) is 2. The monoisotopic (exact) mass is 512 g/mol. The maximum atomic E-state index is 12.3. The molecular weight excluding hydrogens is 488 g/mol. The molecule has 3 aromatic carbocycles. The van der Waals surface area contributed by atoms with Gasteiger partial charge in [-0.3, -0.25) is 4.79 Å². The van der Waals surface area contributed by atoms with Crippen molar-refractivity contribution in [3.05, 3.63) is 81.8 Å². The molecule has 0 aliphatic heterocycles. The molecule has 8 heteroatoms. The van der Waals surface area contributed by atoms with Gasteiger partial charge >= 0.3 is 5.97 Å². The Hall–Kier alpha value is -3.52. The minimum Gasteiger partial charge on any atom is -0.490 e. The highest BCUT2D eigenvalue weighted by Gasteiger charge is 2.13. The van der Waals surface area contributed by atoms with Crippen LogP contribution in [0.15, 0.2) is 65.1 Å². The Kier molecular flexibility index (Phi) is 8.32. The first-order valence-corrected chi connectivity index (χ1v) is 11.2. The summed E-state index contributed by atoms with van der Waals surface area (Å²) in [5, 5.41) is 15.1. The number of amides is 1. The summed E-state index contributed by atoms with van der Waals surface area (Å²) in [6.07, 6.45) is 0. The molecule has 3 N–H and O–H groups in total. The Labute approximate surface area is 200 Å². The maximum absolute atomic E-state index is 12.3. The van der Waals surface area contributed by atoms with Crippen LogP contribution < -0.4 is 20.1 Å². The molecular formula is C25H25BrN2O5. The number of rotatable bonds is 10.